The van der Waals surface area contributed by atoms with Gasteiger partial charge in [0.25, 0.3) is 0 Å². The van der Waals surface area contributed by atoms with Crippen LogP contribution in [-0.2, 0) is 0 Å². The molecule has 0 saturated heterocycles. The Labute approximate surface area is 44.5 Å². The SMILES string of the molecule is Brc1c[c][nH]c1. The zero-order valence-electron chi connectivity index (χ0n) is 3.03. The fourth-order valence-corrected chi connectivity index (χ4v) is 0.492. The van der Waals surface area contributed by atoms with E-state index in [1.165, 1.54) is 0 Å². The van der Waals surface area contributed by atoms with Crippen LogP contribution in [0.4, 0.5) is 0 Å². The van der Waals surface area contributed by atoms with E-state index < -0.39 is 0 Å². The van der Waals surface area contributed by atoms with Gasteiger partial charge in [-0.1, -0.05) is 0 Å². The van der Waals surface area contributed by atoms with Crippen LogP contribution in [0.5, 0.6) is 0 Å². The zero-order chi connectivity index (χ0) is 4.41. The number of hydrogen-bond acceptors (Lipinski definition) is 0. The topological polar surface area (TPSA) is 15.8 Å². The average molecular weight is 145 g/mol. The Morgan fingerprint density at radius 1 is 1.83 bits per heavy atom. The standard InChI is InChI=1S/C4H3BrN/c5-4-1-2-6-3-4/h1,3,6H. The summed E-state index contributed by atoms with van der Waals surface area (Å²) in [6.45, 7) is 0. The highest BCUT2D eigenvalue weighted by molar-refractivity contribution is 9.10. The van der Waals surface area contributed by atoms with Gasteiger partial charge in [0.05, 0.1) is 6.20 Å². The maximum Gasteiger partial charge on any atom is 0.0631 e. The van der Waals surface area contributed by atoms with Crippen LogP contribution in [0.2, 0.25) is 0 Å². The Morgan fingerprint density at radius 2 is 2.67 bits per heavy atom. The van der Waals surface area contributed by atoms with Crippen molar-refractivity contribution >= 4 is 15.9 Å². The van der Waals surface area contributed by atoms with Crippen LogP contribution in [0, 0.1) is 6.20 Å². The van der Waals surface area contributed by atoms with E-state index in [1.807, 2.05) is 12.3 Å². The molecule has 6 heavy (non-hydrogen) atoms. The lowest BCUT2D eigenvalue weighted by molar-refractivity contribution is 1.39. The van der Waals surface area contributed by atoms with Crippen LogP contribution < -0.4 is 0 Å². The van der Waals surface area contributed by atoms with Gasteiger partial charge in [-0.05, 0) is 22.0 Å². The predicted molar refractivity (Wildman–Crippen MR) is 27.3 cm³/mol. The zero-order valence-corrected chi connectivity index (χ0v) is 4.62. The molecule has 1 aromatic rings. The Kier molecular flexibility index (Phi) is 0.965. The van der Waals surface area contributed by atoms with Gasteiger partial charge in [-0.25, -0.2) is 0 Å². The van der Waals surface area contributed by atoms with Gasteiger partial charge in [-0.15, -0.1) is 0 Å². The van der Waals surface area contributed by atoms with Crippen molar-refractivity contribution in [3.05, 3.63) is 22.9 Å². The van der Waals surface area contributed by atoms with Crippen LogP contribution in [0.1, 0.15) is 0 Å². The van der Waals surface area contributed by atoms with Crippen molar-refractivity contribution in [3.8, 4) is 0 Å². The quantitative estimate of drug-likeness (QED) is 0.570. The first kappa shape index (κ1) is 3.93. The van der Waals surface area contributed by atoms with Crippen LogP contribution in [0.25, 0.3) is 0 Å². The van der Waals surface area contributed by atoms with Gasteiger partial charge in [0.15, 0.2) is 0 Å². The van der Waals surface area contributed by atoms with Crippen LogP contribution in [0.15, 0.2) is 16.7 Å². The van der Waals surface area contributed by atoms with Crippen molar-refractivity contribution in [2.45, 2.75) is 0 Å². The second kappa shape index (κ2) is 1.47. The van der Waals surface area contributed by atoms with Gasteiger partial charge in [0.2, 0.25) is 0 Å². The summed E-state index contributed by atoms with van der Waals surface area (Å²) >= 11 is 3.22. The molecule has 1 nitrogen and oxygen atoms in total. The molecular weight excluding hydrogens is 142 g/mol. The Bertz CT molecular complexity index is 111. The molecule has 2 heteroatoms. The van der Waals surface area contributed by atoms with E-state index in [9.17, 15) is 0 Å². The molecule has 1 heterocycles. The molecule has 0 amide bonds. The number of aromatic amines is 1. The lowest BCUT2D eigenvalue weighted by Crippen LogP contribution is -1.42. The van der Waals surface area contributed by atoms with Gasteiger partial charge >= 0.3 is 0 Å². The summed E-state index contributed by atoms with van der Waals surface area (Å²) in [4.78, 5) is 2.76. The molecule has 31 valence electrons. The molecule has 0 spiro atoms. The first-order valence-corrected chi connectivity index (χ1v) is 2.39. The van der Waals surface area contributed by atoms with E-state index in [1.54, 1.807) is 0 Å². The van der Waals surface area contributed by atoms with Crippen molar-refractivity contribution in [2.75, 3.05) is 0 Å². The molecule has 0 fully saturated rings. The molecule has 0 aromatic carbocycles. The summed E-state index contributed by atoms with van der Waals surface area (Å²) in [5.74, 6) is 0. The van der Waals surface area contributed by atoms with Gasteiger partial charge in [-0.3, -0.25) is 0 Å². The van der Waals surface area contributed by atoms with Crippen molar-refractivity contribution in [1.82, 2.24) is 4.98 Å². The first-order valence-electron chi connectivity index (χ1n) is 1.59. The predicted octanol–water partition coefficient (Wildman–Crippen LogP) is 1.58. The van der Waals surface area contributed by atoms with E-state index in [2.05, 4.69) is 27.1 Å². The third kappa shape index (κ3) is 0.627. The van der Waals surface area contributed by atoms with Crippen molar-refractivity contribution < 1.29 is 0 Å². The van der Waals surface area contributed by atoms with E-state index in [0.29, 0.717) is 0 Å². The van der Waals surface area contributed by atoms with Crippen LogP contribution in [-0.4, -0.2) is 4.98 Å². The van der Waals surface area contributed by atoms with Crippen molar-refractivity contribution in [3.63, 3.8) is 0 Å². The number of halogens is 1. The fourth-order valence-electron chi connectivity index (χ4n) is 0.263. The van der Waals surface area contributed by atoms with E-state index in [-0.39, 0.29) is 0 Å². The molecule has 1 rings (SSSR count). The van der Waals surface area contributed by atoms with Gasteiger partial charge in [0, 0.05) is 10.7 Å². The second-order valence-corrected chi connectivity index (χ2v) is 1.88. The van der Waals surface area contributed by atoms with E-state index in [0.717, 1.165) is 4.47 Å². The molecule has 0 aliphatic rings. The van der Waals surface area contributed by atoms with Crippen LogP contribution >= 0.6 is 15.9 Å². The summed E-state index contributed by atoms with van der Waals surface area (Å²) < 4.78 is 1.04. The molecule has 0 aliphatic carbocycles. The van der Waals surface area contributed by atoms with Crippen LogP contribution in [0.3, 0.4) is 0 Å². The molecule has 0 bridgehead atoms. The van der Waals surface area contributed by atoms with Gasteiger partial charge < -0.3 is 4.98 Å². The van der Waals surface area contributed by atoms with Gasteiger partial charge in [-0.2, -0.15) is 0 Å². The normalized spacial score (nSPS) is 8.83. The largest absolute Gasteiger partial charge is 0.359 e. The number of nitrogens with one attached hydrogen (secondary N) is 1. The Morgan fingerprint density at radius 3 is 2.83 bits per heavy atom. The van der Waals surface area contributed by atoms with Crippen molar-refractivity contribution in [2.24, 2.45) is 0 Å². The average Bonchev–Trinajstić information content (AvgIpc) is 1.86. The lowest BCUT2D eigenvalue weighted by Gasteiger charge is -1.62. The first-order chi connectivity index (χ1) is 2.89. The molecule has 0 atom stereocenters. The Hall–Kier alpha value is -0.240. The highest BCUT2D eigenvalue weighted by Crippen LogP contribution is 2.03. The summed E-state index contributed by atoms with van der Waals surface area (Å²) in [5, 5.41) is 0. The van der Waals surface area contributed by atoms with E-state index in [4.69, 9.17) is 0 Å². The molecule has 1 N–H and O–H groups in total. The van der Waals surface area contributed by atoms with Crippen molar-refractivity contribution in [1.29, 1.82) is 0 Å². The Balaban J connectivity index is 3.05. The molecule has 0 saturated carbocycles. The monoisotopic (exact) mass is 144 g/mol. The third-order valence-electron chi connectivity index (χ3n) is 0.503. The summed E-state index contributed by atoms with van der Waals surface area (Å²) in [7, 11) is 0. The molecular formula is C4H3BrN. The van der Waals surface area contributed by atoms with Gasteiger partial charge in [0.1, 0.15) is 0 Å². The summed E-state index contributed by atoms with van der Waals surface area (Å²) in [6.07, 6.45) is 4.58. The summed E-state index contributed by atoms with van der Waals surface area (Å²) in [6, 6.07) is 1.82. The molecule has 1 radical (unpaired) electrons. The number of aromatic nitrogens is 1. The minimum atomic E-state index is 1.04. The smallest absolute Gasteiger partial charge is 0.0631 e. The molecule has 0 unspecified atom stereocenters. The number of H-pyrrole nitrogens is 1. The molecule has 0 aliphatic heterocycles. The number of rotatable bonds is 0. The van der Waals surface area contributed by atoms with E-state index >= 15 is 0 Å². The number of hydrogen-bond donors (Lipinski definition) is 1. The minimum absolute atomic E-state index is 1.04. The third-order valence-corrected chi connectivity index (χ3v) is 0.961. The summed E-state index contributed by atoms with van der Waals surface area (Å²) in [5.41, 5.74) is 0. The maximum absolute atomic E-state index is 3.22. The maximum atomic E-state index is 3.22. The second-order valence-electron chi connectivity index (χ2n) is 0.962. The molecule has 1 aromatic heterocycles. The highest BCUT2D eigenvalue weighted by Gasteiger charge is 1.76. The lowest BCUT2D eigenvalue weighted by atomic mass is 10.7. The minimum Gasteiger partial charge on any atom is -0.359 e. The fraction of sp³-hybridized carbons (Fsp3) is 0. The highest BCUT2D eigenvalue weighted by atomic mass is 79.9.